The number of nitrogens with one attached hydrogen (secondary N) is 1. The molecule has 24 heavy (non-hydrogen) atoms. The van der Waals surface area contributed by atoms with Gasteiger partial charge in [-0.3, -0.25) is 4.79 Å². The number of halogens is 1. The fraction of sp³-hybridized carbons (Fsp3) is 0.118. The number of nitriles is 1. The summed E-state index contributed by atoms with van der Waals surface area (Å²) in [6.07, 6.45) is 0. The second kappa shape index (κ2) is 7.22. The van der Waals surface area contributed by atoms with Crippen LogP contribution in [0.4, 0.5) is 5.69 Å². The van der Waals surface area contributed by atoms with Gasteiger partial charge in [-0.05, 0) is 43.3 Å². The molecule has 1 N–H and O–H groups in total. The van der Waals surface area contributed by atoms with Gasteiger partial charge in [0.1, 0.15) is 0 Å². The van der Waals surface area contributed by atoms with E-state index in [1.54, 1.807) is 24.3 Å². The minimum atomic E-state index is -0.313. The highest BCUT2D eigenvalue weighted by molar-refractivity contribution is 8.02. The zero-order valence-corrected chi connectivity index (χ0v) is 15.0. The third-order valence-corrected chi connectivity index (χ3v) is 5.70. The molecule has 0 fully saturated rings. The van der Waals surface area contributed by atoms with E-state index in [9.17, 15) is 4.79 Å². The van der Waals surface area contributed by atoms with Crippen molar-refractivity contribution in [2.75, 3.05) is 5.32 Å². The average Bonchev–Trinajstić information content (AvgIpc) is 2.96. The van der Waals surface area contributed by atoms with Crippen molar-refractivity contribution in [3.8, 4) is 6.07 Å². The Morgan fingerprint density at radius 2 is 2.21 bits per heavy atom. The first-order chi connectivity index (χ1) is 11.5. The minimum Gasteiger partial charge on any atom is -0.325 e. The first-order valence-electron chi connectivity index (χ1n) is 7.09. The summed E-state index contributed by atoms with van der Waals surface area (Å²) >= 11 is 8.90. The molecular weight excluding hydrogens is 362 g/mol. The SMILES string of the molecule is C[C@H](Sc1nc2cc(Cl)ccc2s1)C(=O)Nc1cccc(C#N)c1. The van der Waals surface area contributed by atoms with Crippen LogP contribution in [0.3, 0.4) is 0 Å². The third-order valence-electron chi connectivity index (χ3n) is 3.24. The summed E-state index contributed by atoms with van der Waals surface area (Å²) in [6, 6.07) is 14.5. The van der Waals surface area contributed by atoms with Crippen LogP contribution < -0.4 is 5.32 Å². The normalized spacial score (nSPS) is 11.9. The Kier molecular flexibility index (Phi) is 5.05. The molecule has 0 spiro atoms. The Balaban J connectivity index is 1.69. The number of fused-ring (bicyclic) bond motifs is 1. The summed E-state index contributed by atoms with van der Waals surface area (Å²) in [6.45, 7) is 1.83. The molecule has 7 heteroatoms. The van der Waals surface area contributed by atoms with Gasteiger partial charge >= 0.3 is 0 Å². The van der Waals surface area contributed by atoms with Crippen LogP contribution in [-0.4, -0.2) is 16.1 Å². The molecule has 3 aromatic rings. The number of benzene rings is 2. The number of aromatic nitrogens is 1. The van der Waals surface area contributed by atoms with Crippen LogP contribution in [0.25, 0.3) is 10.2 Å². The number of anilines is 1. The fourth-order valence-corrected chi connectivity index (χ4v) is 4.40. The summed E-state index contributed by atoms with van der Waals surface area (Å²) in [7, 11) is 0. The number of hydrogen-bond acceptors (Lipinski definition) is 5. The molecule has 1 atom stereocenters. The molecule has 1 aromatic heterocycles. The van der Waals surface area contributed by atoms with E-state index >= 15 is 0 Å². The fourth-order valence-electron chi connectivity index (χ4n) is 2.04. The Hall–Kier alpha value is -2.07. The first-order valence-corrected chi connectivity index (χ1v) is 9.16. The molecule has 4 nitrogen and oxygen atoms in total. The highest BCUT2D eigenvalue weighted by Crippen LogP contribution is 2.33. The van der Waals surface area contributed by atoms with Crippen LogP contribution in [0.2, 0.25) is 5.02 Å². The molecule has 0 aliphatic rings. The van der Waals surface area contributed by atoms with Gasteiger partial charge in [-0.25, -0.2) is 4.98 Å². The topological polar surface area (TPSA) is 65.8 Å². The van der Waals surface area contributed by atoms with Gasteiger partial charge in [-0.2, -0.15) is 5.26 Å². The van der Waals surface area contributed by atoms with Crippen molar-refractivity contribution in [3.63, 3.8) is 0 Å². The van der Waals surface area contributed by atoms with E-state index in [4.69, 9.17) is 16.9 Å². The summed E-state index contributed by atoms with van der Waals surface area (Å²) < 4.78 is 1.86. The van der Waals surface area contributed by atoms with E-state index in [2.05, 4.69) is 16.4 Å². The van der Waals surface area contributed by atoms with Gasteiger partial charge in [0.25, 0.3) is 0 Å². The van der Waals surface area contributed by atoms with Crippen LogP contribution in [0, 0.1) is 11.3 Å². The number of carbonyl (C=O) groups is 1. The van der Waals surface area contributed by atoms with Crippen LogP contribution in [-0.2, 0) is 4.79 Å². The van der Waals surface area contributed by atoms with Gasteiger partial charge in [-0.1, -0.05) is 29.4 Å². The summed E-state index contributed by atoms with van der Waals surface area (Å²) in [5.41, 5.74) is 1.96. The lowest BCUT2D eigenvalue weighted by Gasteiger charge is -2.10. The largest absolute Gasteiger partial charge is 0.325 e. The van der Waals surface area contributed by atoms with Gasteiger partial charge in [-0.15, -0.1) is 11.3 Å². The Morgan fingerprint density at radius 1 is 1.38 bits per heavy atom. The lowest BCUT2D eigenvalue weighted by molar-refractivity contribution is -0.115. The number of hydrogen-bond donors (Lipinski definition) is 1. The van der Waals surface area contributed by atoms with Gasteiger partial charge in [0.2, 0.25) is 5.91 Å². The summed E-state index contributed by atoms with van der Waals surface area (Å²) in [5.74, 6) is -0.132. The number of rotatable bonds is 4. The maximum Gasteiger partial charge on any atom is 0.237 e. The molecule has 0 saturated carbocycles. The summed E-state index contributed by atoms with van der Waals surface area (Å²) in [4.78, 5) is 16.8. The molecule has 1 heterocycles. The average molecular weight is 374 g/mol. The monoisotopic (exact) mass is 373 g/mol. The molecule has 1 amide bonds. The Morgan fingerprint density at radius 3 is 3.00 bits per heavy atom. The van der Waals surface area contributed by atoms with E-state index in [0.717, 1.165) is 14.6 Å². The predicted molar refractivity (Wildman–Crippen MR) is 99.7 cm³/mol. The van der Waals surface area contributed by atoms with Crippen molar-refractivity contribution >= 4 is 56.5 Å². The van der Waals surface area contributed by atoms with Crippen LogP contribution >= 0.6 is 34.7 Å². The first kappa shape index (κ1) is 16.8. The van der Waals surface area contributed by atoms with E-state index in [1.165, 1.54) is 23.1 Å². The lowest BCUT2D eigenvalue weighted by atomic mass is 10.2. The number of nitrogens with zero attached hydrogens (tertiary/aromatic N) is 2. The molecule has 120 valence electrons. The van der Waals surface area contributed by atoms with Gasteiger partial charge in [0.15, 0.2) is 4.34 Å². The Bertz CT molecular complexity index is 948. The van der Waals surface area contributed by atoms with Crippen molar-refractivity contribution in [3.05, 3.63) is 53.1 Å². The predicted octanol–water partition coefficient (Wildman–Crippen LogP) is 4.94. The van der Waals surface area contributed by atoms with E-state index < -0.39 is 0 Å². The zero-order valence-electron chi connectivity index (χ0n) is 12.6. The van der Waals surface area contributed by atoms with Gasteiger partial charge in [0, 0.05) is 10.7 Å². The molecule has 2 aromatic carbocycles. The standard InChI is InChI=1S/C17H12ClN3OS2/c1-10(16(22)20-13-4-2-3-11(7-13)9-19)23-17-21-14-8-12(18)5-6-15(14)24-17/h2-8,10H,1H3,(H,20,22)/t10-/m0/s1. The lowest BCUT2D eigenvalue weighted by Crippen LogP contribution is -2.22. The molecule has 0 unspecified atom stereocenters. The molecule has 0 radical (unpaired) electrons. The summed E-state index contributed by atoms with van der Waals surface area (Å²) in [5, 5.41) is 12.1. The van der Waals surface area contributed by atoms with E-state index in [1.807, 2.05) is 25.1 Å². The highest BCUT2D eigenvalue weighted by Gasteiger charge is 2.17. The minimum absolute atomic E-state index is 0.132. The van der Waals surface area contributed by atoms with Crippen molar-refractivity contribution < 1.29 is 4.79 Å². The number of amides is 1. The number of thiazole rings is 1. The van der Waals surface area contributed by atoms with Crippen molar-refractivity contribution in [1.29, 1.82) is 5.26 Å². The molecule has 0 saturated heterocycles. The third kappa shape index (κ3) is 3.88. The maximum atomic E-state index is 12.3. The van der Waals surface area contributed by atoms with Crippen molar-refractivity contribution in [1.82, 2.24) is 4.98 Å². The highest BCUT2D eigenvalue weighted by atomic mass is 35.5. The number of thioether (sulfide) groups is 1. The second-order valence-electron chi connectivity index (χ2n) is 5.03. The molecule has 0 aliphatic heterocycles. The van der Waals surface area contributed by atoms with E-state index in [-0.39, 0.29) is 11.2 Å². The van der Waals surface area contributed by atoms with Crippen molar-refractivity contribution in [2.24, 2.45) is 0 Å². The molecular formula is C17H12ClN3OS2. The maximum absolute atomic E-state index is 12.3. The molecule has 0 aliphatic carbocycles. The molecule has 0 bridgehead atoms. The van der Waals surface area contributed by atoms with Crippen LogP contribution in [0.1, 0.15) is 12.5 Å². The Labute approximate surface area is 152 Å². The van der Waals surface area contributed by atoms with Crippen molar-refractivity contribution in [2.45, 2.75) is 16.5 Å². The van der Waals surface area contributed by atoms with Gasteiger partial charge in [0.05, 0.1) is 27.1 Å². The van der Waals surface area contributed by atoms with Crippen LogP contribution in [0.15, 0.2) is 46.8 Å². The smallest absolute Gasteiger partial charge is 0.237 e. The number of carbonyl (C=O) groups excluding carboxylic acids is 1. The van der Waals surface area contributed by atoms with Gasteiger partial charge < -0.3 is 5.32 Å². The van der Waals surface area contributed by atoms with E-state index in [0.29, 0.717) is 16.3 Å². The zero-order chi connectivity index (χ0) is 17.1. The second-order valence-corrected chi connectivity index (χ2v) is 8.09. The quantitative estimate of drug-likeness (QED) is 0.658. The van der Waals surface area contributed by atoms with Crippen LogP contribution in [0.5, 0.6) is 0 Å². The molecule has 3 rings (SSSR count).